The Labute approximate surface area is 116 Å². The molecule has 9 heteroatoms. The smallest absolute Gasteiger partial charge is 0.419 e. The number of ether oxygens (including phenoxy) is 1. The van der Waals surface area contributed by atoms with Crippen molar-refractivity contribution in [2.75, 3.05) is 6.61 Å². The molecule has 0 amide bonds. The fraction of sp³-hybridized carbons (Fsp3) is 0.417. The van der Waals surface area contributed by atoms with Gasteiger partial charge >= 0.3 is 12.1 Å². The molecule has 0 unspecified atom stereocenters. The molecule has 0 aliphatic rings. The topological polar surface area (TPSA) is 63.0 Å². The summed E-state index contributed by atoms with van der Waals surface area (Å²) in [4.78, 5) is 14.4. The molecule has 114 valence electrons. The van der Waals surface area contributed by atoms with Crippen LogP contribution in [-0.4, -0.2) is 17.6 Å². The minimum atomic E-state index is -5.09. The molecular formula is C12H9F5N2O2. The fourth-order valence-corrected chi connectivity index (χ4v) is 1.69. The number of carbonyl (C=O) groups excluding carboxylic acids is 1. The number of carbonyl (C=O) groups is 1. The van der Waals surface area contributed by atoms with Crippen molar-refractivity contribution in [3.05, 3.63) is 28.6 Å². The van der Waals surface area contributed by atoms with Crippen LogP contribution in [0.3, 0.4) is 0 Å². The van der Waals surface area contributed by atoms with Gasteiger partial charge in [-0.25, -0.2) is 13.8 Å². The van der Waals surface area contributed by atoms with Crippen molar-refractivity contribution in [3.63, 3.8) is 0 Å². The van der Waals surface area contributed by atoms with Gasteiger partial charge in [0.05, 0.1) is 18.6 Å². The molecule has 1 rings (SSSR count). The van der Waals surface area contributed by atoms with E-state index in [-0.39, 0.29) is 6.61 Å². The second-order valence-corrected chi connectivity index (χ2v) is 3.81. The summed E-state index contributed by atoms with van der Waals surface area (Å²) < 4.78 is 69.1. The first-order valence-corrected chi connectivity index (χ1v) is 5.65. The van der Waals surface area contributed by atoms with Gasteiger partial charge in [-0.1, -0.05) is 0 Å². The van der Waals surface area contributed by atoms with Crippen LogP contribution in [0.2, 0.25) is 0 Å². The van der Waals surface area contributed by atoms with Crippen molar-refractivity contribution < 1.29 is 31.5 Å². The lowest BCUT2D eigenvalue weighted by Gasteiger charge is -2.16. The average Bonchev–Trinajstić information content (AvgIpc) is 2.36. The van der Waals surface area contributed by atoms with Crippen LogP contribution < -0.4 is 0 Å². The number of hydrogen-bond acceptors (Lipinski definition) is 4. The fourth-order valence-electron chi connectivity index (χ4n) is 1.69. The van der Waals surface area contributed by atoms with E-state index in [0.29, 0.717) is 6.20 Å². The highest BCUT2D eigenvalue weighted by atomic mass is 19.4. The predicted molar refractivity (Wildman–Crippen MR) is 59.2 cm³/mol. The lowest BCUT2D eigenvalue weighted by Crippen LogP contribution is -2.19. The van der Waals surface area contributed by atoms with E-state index in [2.05, 4.69) is 9.72 Å². The molecule has 0 radical (unpaired) electrons. The monoisotopic (exact) mass is 308 g/mol. The lowest BCUT2D eigenvalue weighted by molar-refractivity contribution is -0.143. The van der Waals surface area contributed by atoms with E-state index in [1.807, 2.05) is 0 Å². The standard InChI is InChI=1S/C12H9F5N2O2/c1-2-21-9(20)3-6-7(11(13)14)5-19-8(4-18)10(6)12(15,16)17/h5,11H,2-3H2,1H3. The van der Waals surface area contributed by atoms with Gasteiger partial charge in [0.2, 0.25) is 0 Å². The second kappa shape index (κ2) is 6.47. The predicted octanol–water partition coefficient (Wildman–Crippen LogP) is 3.02. The minimum Gasteiger partial charge on any atom is -0.466 e. The Morgan fingerprint density at radius 1 is 1.48 bits per heavy atom. The van der Waals surface area contributed by atoms with Gasteiger partial charge in [0.25, 0.3) is 6.43 Å². The van der Waals surface area contributed by atoms with Gasteiger partial charge in [-0.15, -0.1) is 0 Å². The maximum atomic E-state index is 13.0. The number of hydrogen-bond donors (Lipinski definition) is 0. The molecular weight excluding hydrogens is 299 g/mol. The molecule has 0 aliphatic heterocycles. The second-order valence-electron chi connectivity index (χ2n) is 3.81. The zero-order valence-electron chi connectivity index (χ0n) is 10.7. The molecule has 1 heterocycles. The van der Waals surface area contributed by atoms with E-state index < -0.39 is 47.4 Å². The largest absolute Gasteiger partial charge is 0.466 e. The maximum absolute atomic E-state index is 13.0. The number of nitriles is 1. The van der Waals surface area contributed by atoms with Crippen molar-refractivity contribution in [2.45, 2.75) is 25.9 Å². The molecule has 0 spiro atoms. The number of esters is 1. The third kappa shape index (κ3) is 3.87. The summed E-state index contributed by atoms with van der Waals surface area (Å²) in [6.45, 7) is 1.31. The van der Waals surface area contributed by atoms with Crippen molar-refractivity contribution in [3.8, 4) is 6.07 Å². The van der Waals surface area contributed by atoms with Crippen LogP contribution in [-0.2, 0) is 22.1 Å². The number of pyridine rings is 1. The highest BCUT2D eigenvalue weighted by molar-refractivity contribution is 5.74. The summed E-state index contributed by atoms with van der Waals surface area (Å²) in [5, 5.41) is 8.66. The van der Waals surface area contributed by atoms with E-state index in [1.54, 1.807) is 0 Å². The molecule has 0 aromatic carbocycles. The zero-order valence-corrected chi connectivity index (χ0v) is 10.7. The van der Waals surface area contributed by atoms with Gasteiger partial charge in [-0.3, -0.25) is 4.79 Å². The number of rotatable bonds is 4. The van der Waals surface area contributed by atoms with E-state index in [4.69, 9.17) is 5.26 Å². The summed E-state index contributed by atoms with van der Waals surface area (Å²) in [6, 6.07) is 1.19. The van der Waals surface area contributed by atoms with Crippen LogP contribution in [0.4, 0.5) is 22.0 Å². The molecule has 4 nitrogen and oxygen atoms in total. The summed E-state index contributed by atoms with van der Waals surface area (Å²) in [7, 11) is 0. The Morgan fingerprint density at radius 3 is 2.52 bits per heavy atom. The van der Waals surface area contributed by atoms with Crippen LogP contribution in [0.25, 0.3) is 0 Å². The number of nitrogens with zero attached hydrogens (tertiary/aromatic N) is 2. The number of aromatic nitrogens is 1. The van der Waals surface area contributed by atoms with Crippen molar-refractivity contribution >= 4 is 5.97 Å². The van der Waals surface area contributed by atoms with Gasteiger partial charge in [0, 0.05) is 11.8 Å². The third-order valence-electron chi connectivity index (χ3n) is 2.47. The van der Waals surface area contributed by atoms with Crippen LogP contribution in [0, 0.1) is 11.3 Å². The first-order chi connectivity index (χ1) is 9.72. The summed E-state index contributed by atoms with van der Waals surface area (Å²) in [5.41, 5.74) is -4.72. The van der Waals surface area contributed by atoms with E-state index in [9.17, 15) is 26.7 Å². The normalized spacial score (nSPS) is 11.3. The lowest BCUT2D eigenvalue weighted by atomic mass is 9.98. The quantitative estimate of drug-likeness (QED) is 0.633. The van der Waals surface area contributed by atoms with Crippen LogP contribution in [0.15, 0.2) is 6.20 Å². The summed E-state index contributed by atoms with van der Waals surface area (Å²) >= 11 is 0. The summed E-state index contributed by atoms with van der Waals surface area (Å²) in [6.07, 6.45) is -8.91. The molecule has 1 aromatic rings. The van der Waals surface area contributed by atoms with Gasteiger partial charge in [0.15, 0.2) is 5.69 Å². The Kier molecular flexibility index (Phi) is 5.18. The Bertz CT molecular complexity index is 578. The third-order valence-corrected chi connectivity index (χ3v) is 2.47. The minimum absolute atomic E-state index is 0.111. The highest BCUT2D eigenvalue weighted by Gasteiger charge is 2.40. The molecule has 0 fully saturated rings. The molecule has 0 saturated heterocycles. The van der Waals surface area contributed by atoms with E-state index in [0.717, 1.165) is 0 Å². The zero-order chi connectivity index (χ0) is 16.2. The molecule has 21 heavy (non-hydrogen) atoms. The van der Waals surface area contributed by atoms with Gasteiger partial charge in [0.1, 0.15) is 6.07 Å². The first-order valence-electron chi connectivity index (χ1n) is 5.65. The number of alkyl halides is 5. The van der Waals surface area contributed by atoms with Crippen LogP contribution in [0.5, 0.6) is 0 Å². The van der Waals surface area contributed by atoms with E-state index >= 15 is 0 Å². The Balaban J connectivity index is 3.53. The highest BCUT2D eigenvalue weighted by Crippen LogP contribution is 2.37. The molecule has 1 aromatic heterocycles. The van der Waals surface area contributed by atoms with Crippen molar-refractivity contribution in [1.29, 1.82) is 5.26 Å². The van der Waals surface area contributed by atoms with Gasteiger partial charge in [-0.05, 0) is 12.5 Å². The van der Waals surface area contributed by atoms with E-state index in [1.165, 1.54) is 13.0 Å². The Hall–Kier alpha value is -2.24. The van der Waals surface area contributed by atoms with Crippen molar-refractivity contribution in [1.82, 2.24) is 4.98 Å². The maximum Gasteiger partial charge on any atom is 0.419 e. The van der Waals surface area contributed by atoms with Crippen LogP contribution >= 0.6 is 0 Å². The molecule has 0 saturated carbocycles. The van der Waals surface area contributed by atoms with Gasteiger partial charge < -0.3 is 4.74 Å². The molecule has 0 N–H and O–H groups in total. The first kappa shape index (κ1) is 16.8. The SMILES string of the molecule is CCOC(=O)Cc1c(C(F)F)cnc(C#N)c1C(F)(F)F. The molecule has 0 atom stereocenters. The summed E-state index contributed by atoms with van der Waals surface area (Å²) in [5.74, 6) is -1.10. The van der Waals surface area contributed by atoms with Gasteiger partial charge in [-0.2, -0.15) is 18.4 Å². The average molecular weight is 308 g/mol. The van der Waals surface area contributed by atoms with Crippen molar-refractivity contribution in [2.24, 2.45) is 0 Å². The van der Waals surface area contributed by atoms with Crippen LogP contribution in [0.1, 0.15) is 35.7 Å². The number of halogens is 5. The molecule has 0 bridgehead atoms. The Morgan fingerprint density at radius 2 is 2.10 bits per heavy atom. The molecule has 0 aliphatic carbocycles.